The molecule has 6 heteroatoms. The van der Waals surface area contributed by atoms with Crippen LogP contribution in [0, 0.1) is 0 Å². The van der Waals surface area contributed by atoms with Crippen LogP contribution in [-0.4, -0.2) is 5.91 Å². The van der Waals surface area contributed by atoms with Crippen molar-refractivity contribution in [2.24, 2.45) is 0 Å². The Morgan fingerprint density at radius 2 is 1.89 bits per heavy atom. The highest BCUT2D eigenvalue weighted by Crippen LogP contribution is 2.30. The first-order chi connectivity index (χ1) is 12.9. The molecule has 1 N–H and O–H groups in total. The van der Waals surface area contributed by atoms with E-state index in [1.165, 1.54) is 16.9 Å². The topological polar surface area (TPSA) is 38.3 Å². The molecule has 1 aromatic heterocycles. The first-order valence-corrected chi connectivity index (χ1v) is 10.1. The number of benzene rings is 2. The third-order valence-electron chi connectivity index (χ3n) is 4.03. The third-order valence-corrected chi connectivity index (χ3v) is 5.83. The lowest BCUT2D eigenvalue weighted by Gasteiger charge is -2.08. The number of hydrogen-bond donors (Lipinski definition) is 1. The fraction of sp³-hybridized carbons (Fsp3) is 0.190. The van der Waals surface area contributed by atoms with Gasteiger partial charge in [0.25, 0.3) is 5.91 Å². The minimum Gasteiger partial charge on any atom is -0.489 e. The minimum atomic E-state index is -0.225. The zero-order valence-electron chi connectivity index (χ0n) is 15.0. The summed E-state index contributed by atoms with van der Waals surface area (Å²) in [5.41, 5.74) is 2.71. The van der Waals surface area contributed by atoms with Gasteiger partial charge in [-0.2, -0.15) is 0 Å². The molecule has 0 atom stereocenters. The monoisotopic (exact) mass is 419 g/mol. The van der Waals surface area contributed by atoms with Gasteiger partial charge in [-0.25, -0.2) is 0 Å². The van der Waals surface area contributed by atoms with Crippen LogP contribution in [0.4, 0.5) is 5.69 Å². The van der Waals surface area contributed by atoms with Crippen molar-refractivity contribution in [1.29, 1.82) is 0 Å². The molecular formula is C21H19Cl2NO2S. The summed E-state index contributed by atoms with van der Waals surface area (Å²) >= 11 is 13.5. The molecule has 0 radical (unpaired) electrons. The molecule has 1 amide bonds. The molecule has 0 bridgehead atoms. The van der Waals surface area contributed by atoms with Gasteiger partial charge in [0.05, 0.1) is 20.6 Å². The maximum Gasteiger partial charge on any atom is 0.265 e. The number of carbonyl (C=O) groups excluding carboxylic acids is 1. The lowest BCUT2D eigenvalue weighted by molar-refractivity contribution is 0.103. The molecule has 0 fully saturated rings. The molecule has 0 spiro atoms. The molecule has 0 aliphatic heterocycles. The third kappa shape index (κ3) is 5.04. The summed E-state index contributed by atoms with van der Waals surface area (Å²) < 4.78 is 5.81. The van der Waals surface area contributed by atoms with E-state index in [1.807, 2.05) is 23.6 Å². The lowest BCUT2D eigenvalue weighted by atomic mass is 10.0. The van der Waals surface area contributed by atoms with E-state index in [9.17, 15) is 4.79 Å². The molecule has 0 aliphatic rings. The van der Waals surface area contributed by atoms with Crippen LogP contribution in [-0.2, 0) is 6.61 Å². The average Bonchev–Trinajstić information content (AvgIpc) is 3.13. The van der Waals surface area contributed by atoms with Gasteiger partial charge in [0.1, 0.15) is 12.4 Å². The Balaban J connectivity index is 1.60. The standard InChI is InChI=1S/C21H19Cl2NO2S/c1-13(2)15-6-8-16(9-7-15)26-11-14-10-19(27-12-14)21(25)24-18-5-3-4-17(22)20(18)23/h3-10,12-13H,11H2,1-2H3,(H,24,25). The minimum absolute atomic E-state index is 0.225. The predicted molar refractivity (Wildman–Crippen MR) is 114 cm³/mol. The number of halogens is 2. The molecule has 0 unspecified atom stereocenters. The van der Waals surface area contributed by atoms with Crippen LogP contribution >= 0.6 is 34.5 Å². The summed E-state index contributed by atoms with van der Waals surface area (Å²) in [4.78, 5) is 13.0. The Morgan fingerprint density at radius 1 is 1.15 bits per heavy atom. The molecule has 140 valence electrons. The maximum atomic E-state index is 12.4. The van der Waals surface area contributed by atoms with Crippen molar-refractivity contribution in [3.8, 4) is 5.75 Å². The fourth-order valence-electron chi connectivity index (χ4n) is 2.47. The Bertz CT molecular complexity index is 936. The van der Waals surface area contributed by atoms with Crippen LogP contribution in [0.2, 0.25) is 10.0 Å². The van der Waals surface area contributed by atoms with Crippen LogP contribution in [0.1, 0.15) is 40.6 Å². The maximum absolute atomic E-state index is 12.4. The Morgan fingerprint density at radius 3 is 2.59 bits per heavy atom. The SMILES string of the molecule is CC(C)c1ccc(OCc2csc(C(=O)Nc3cccc(Cl)c3Cl)c2)cc1. The zero-order chi connectivity index (χ0) is 19.4. The molecule has 0 saturated carbocycles. The van der Waals surface area contributed by atoms with Gasteiger partial charge >= 0.3 is 0 Å². The lowest BCUT2D eigenvalue weighted by Crippen LogP contribution is -2.10. The molecular weight excluding hydrogens is 401 g/mol. The van der Waals surface area contributed by atoms with Crippen LogP contribution in [0.5, 0.6) is 5.75 Å². The van der Waals surface area contributed by atoms with E-state index in [0.29, 0.717) is 33.1 Å². The van der Waals surface area contributed by atoms with E-state index >= 15 is 0 Å². The average molecular weight is 420 g/mol. The van der Waals surface area contributed by atoms with Crippen molar-refractivity contribution in [2.75, 3.05) is 5.32 Å². The summed E-state index contributed by atoms with van der Waals surface area (Å²) in [6.07, 6.45) is 0. The highest BCUT2D eigenvalue weighted by molar-refractivity contribution is 7.12. The van der Waals surface area contributed by atoms with Crippen LogP contribution in [0.3, 0.4) is 0 Å². The van der Waals surface area contributed by atoms with Gasteiger partial charge in [-0.3, -0.25) is 4.79 Å². The summed E-state index contributed by atoms with van der Waals surface area (Å²) in [6, 6.07) is 15.0. The molecule has 27 heavy (non-hydrogen) atoms. The Labute approximate surface area is 172 Å². The van der Waals surface area contributed by atoms with E-state index in [-0.39, 0.29) is 5.91 Å². The van der Waals surface area contributed by atoms with Gasteiger partial charge < -0.3 is 10.1 Å². The van der Waals surface area contributed by atoms with Gasteiger partial charge in [0.2, 0.25) is 0 Å². The molecule has 3 aromatic rings. The predicted octanol–water partition coefficient (Wildman–Crippen LogP) is 7.01. The number of thiophene rings is 1. The Kier molecular flexibility index (Phi) is 6.42. The second kappa shape index (κ2) is 8.79. The van der Waals surface area contributed by atoms with Crippen LogP contribution in [0.25, 0.3) is 0 Å². The van der Waals surface area contributed by atoms with Crippen molar-refractivity contribution in [3.63, 3.8) is 0 Å². The highest BCUT2D eigenvalue weighted by atomic mass is 35.5. The van der Waals surface area contributed by atoms with E-state index in [0.717, 1.165) is 11.3 Å². The smallest absolute Gasteiger partial charge is 0.265 e. The van der Waals surface area contributed by atoms with Crippen molar-refractivity contribution in [2.45, 2.75) is 26.4 Å². The molecule has 3 nitrogen and oxygen atoms in total. The van der Waals surface area contributed by atoms with Crippen LogP contribution in [0.15, 0.2) is 53.9 Å². The van der Waals surface area contributed by atoms with E-state index in [1.54, 1.807) is 18.2 Å². The van der Waals surface area contributed by atoms with Crippen molar-refractivity contribution < 1.29 is 9.53 Å². The van der Waals surface area contributed by atoms with Gasteiger partial charge in [-0.05, 0) is 47.2 Å². The van der Waals surface area contributed by atoms with E-state index in [4.69, 9.17) is 27.9 Å². The molecule has 0 aliphatic carbocycles. The number of rotatable bonds is 6. The first kappa shape index (κ1) is 19.7. The second-order valence-corrected chi connectivity index (χ2v) is 8.08. The molecule has 1 heterocycles. The van der Waals surface area contributed by atoms with Crippen molar-refractivity contribution >= 4 is 46.1 Å². The summed E-state index contributed by atoms with van der Waals surface area (Å²) in [6.45, 7) is 4.72. The van der Waals surface area contributed by atoms with Gasteiger partial charge in [0.15, 0.2) is 0 Å². The summed E-state index contributed by atoms with van der Waals surface area (Å²) in [5.74, 6) is 1.07. The van der Waals surface area contributed by atoms with Crippen molar-refractivity contribution in [3.05, 3.63) is 80.0 Å². The fourth-order valence-corrected chi connectivity index (χ4v) is 3.61. The number of anilines is 1. The normalized spacial score (nSPS) is 10.9. The number of hydrogen-bond acceptors (Lipinski definition) is 3. The van der Waals surface area contributed by atoms with Gasteiger partial charge in [-0.1, -0.05) is 55.2 Å². The number of nitrogens with one attached hydrogen (secondary N) is 1. The summed E-state index contributed by atoms with van der Waals surface area (Å²) in [5, 5.41) is 5.43. The number of ether oxygens (including phenoxy) is 1. The quantitative estimate of drug-likeness (QED) is 0.466. The van der Waals surface area contributed by atoms with Crippen LogP contribution < -0.4 is 10.1 Å². The summed E-state index contributed by atoms with van der Waals surface area (Å²) in [7, 11) is 0. The van der Waals surface area contributed by atoms with Crippen molar-refractivity contribution in [1.82, 2.24) is 0 Å². The first-order valence-electron chi connectivity index (χ1n) is 8.49. The van der Waals surface area contributed by atoms with E-state index in [2.05, 4.69) is 31.3 Å². The highest BCUT2D eigenvalue weighted by Gasteiger charge is 2.13. The number of amides is 1. The van der Waals surface area contributed by atoms with E-state index < -0.39 is 0 Å². The van der Waals surface area contributed by atoms with Gasteiger partial charge in [-0.15, -0.1) is 11.3 Å². The molecule has 3 rings (SSSR count). The Hall–Kier alpha value is -2.01. The number of carbonyl (C=O) groups is 1. The van der Waals surface area contributed by atoms with Gasteiger partial charge in [0, 0.05) is 5.56 Å². The largest absolute Gasteiger partial charge is 0.489 e. The second-order valence-electron chi connectivity index (χ2n) is 6.39. The zero-order valence-corrected chi connectivity index (χ0v) is 17.3. The molecule has 2 aromatic carbocycles. The molecule has 0 saturated heterocycles.